The van der Waals surface area contributed by atoms with Gasteiger partial charge in [-0.25, -0.2) is 0 Å². The fourth-order valence-electron chi connectivity index (χ4n) is 2.43. The summed E-state index contributed by atoms with van der Waals surface area (Å²) in [6, 6.07) is 7.28. The molecule has 1 aliphatic rings. The van der Waals surface area contributed by atoms with Crippen molar-refractivity contribution in [3.05, 3.63) is 34.9 Å². The standard InChI is InChI=1S/C14H17ClO/c15-13-8-4-7-12(10-13)14(16)9-11-5-2-1-3-6-11/h4,7-8,10-11H,1-3,5-6,9H2. The molecule has 0 amide bonds. The zero-order valence-corrected chi connectivity index (χ0v) is 10.2. The number of carbonyl (C=O) groups is 1. The fraction of sp³-hybridized carbons (Fsp3) is 0.500. The Labute approximate surface area is 102 Å². The van der Waals surface area contributed by atoms with E-state index < -0.39 is 0 Å². The van der Waals surface area contributed by atoms with Crippen molar-refractivity contribution < 1.29 is 4.79 Å². The molecule has 1 nitrogen and oxygen atoms in total. The second kappa shape index (κ2) is 5.49. The van der Waals surface area contributed by atoms with Gasteiger partial charge in [0.25, 0.3) is 0 Å². The highest BCUT2D eigenvalue weighted by molar-refractivity contribution is 6.31. The molecular weight excluding hydrogens is 220 g/mol. The average molecular weight is 237 g/mol. The first-order valence-electron chi connectivity index (χ1n) is 6.04. The lowest BCUT2D eigenvalue weighted by Crippen LogP contribution is -2.12. The van der Waals surface area contributed by atoms with Gasteiger partial charge in [0.15, 0.2) is 5.78 Å². The van der Waals surface area contributed by atoms with Crippen LogP contribution in [0.2, 0.25) is 5.02 Å². The summed E-state index contributed by atoms with van der Waals surface area (Å²) in [6.45, 7) is 0. The van der Waals surface area contributed by atoms with Gasteiger partial charge in [0, 0.05) is 17.0 Å². The van der Waals surface area contributed by atoms with Crippen molar-refractivity contribution in [3.8, 4) is 0 Å². The van der Waals surface area contributed by atoms with Crippen molar-refractivity contribution in [1.29, 1.82) is 0 Å². The quantitative estimate of drug-likeness (QED) is 0.707. The molecule has 0 aliphatic heterocycles. The van der Waals surface area contributed by atoms with Crippen molar-refractivity contribution in [2.24, 2.45) is 5.92 Å². The Balaban J connectivity index is 1.97. The maximum absolute atomic E-state index is 12.0. The SMILES string of the molecule is O=C(CC1CCCCC1)c1cccc(Cl)c1. The molecule has 16 heavy (non-hydrogen) atoms. The largest absolute Gasteiger partial charge is 0.294 e. The van der Waals surface area contributed by atoms with Gasteiger partial charge in [-0.05, 0) is 18.1 Å². The summed E-state index contributed by atoms with van der Waals surface area (Å²) < 4.78 is 0. The Morgan fingerprint density at radius 3 is 2.69 bits per heavy atom. The van der Waals surface area contributed by atoms with Crippen LogP contribution in [0, 0.1) is 5.92 Å². The van der Waals surface area contributed by atoms with Crippen LogP contribution >= 0.6 is 11.6 Å². The molecule has 0 saturated heterocycles. The van der Waals surface area contributed by atoms with E-state index in [-0.39, 0.29) is 5.78 Å². The Hall–Kier alpha value is -0.820. The van der Waals surface area contributed by atoms with Crippen LogP contribution in [0.15, 0.2) is 24.3 Å². The summed E-state index contributed by atoms with van der Waals surface area (Å²) in [7, 11) is 0. The van der Waals surface area contributed by atoms with Crippen LogP contribution in [-0.2, 0) is 0 Å². The second-order valence-corrected chi connectivity index (χ2v) is 5.08. The van der Waals surface area contributed by atoms with E-state index in [9.17, 15) is 4.79 Å². The zero-order valence-electron chi connectivity index (χ0n) is 9.42. The number of ketones is 1. The van der Waals surface area contributed by atoms with Crippen molar-refractivity contribution >= 4 is 17.4 Å². The van der Waals surface area contributed by atoms with E-state index in [0.29, 0.717) is 17.4 Å². The van der Waals surface area contributed by atoms with E-state index in [1.165, 1.54) is 32.1 Å². The summed E-state index contributed by atoms with van der Waals surface area (Å²) >= 11 is 5.88. The summed E-state index contributed by atoms with van der Waals surface area (Å²) in [6.07, 6.45) is 7.03. The summed E-state index contributed by atoms with van der Waals surface area (Å²) in [5.74, 6) is 0.842. The van der Waals surface area contributed by atoms with Gasteiger partial charge in [-0.2, -0.15) is 0 Å². The highest BCUT2D eigenvalue weighted by Gasteiger charge is 2.17. The molecule has 1 fully saturated rings. The fourth-order valence-corrected chi connectivity index (χ4v) is 2.62. The molecule has 0 spiro atoms. The molecule has 1 aliphatic carbocycles. The third-order valence-corrected chi connectivity index (χ3v) is 3.58. The first-order valence-corrected chi connectivity index (χ1v) is 6.42. The Morgan fingerprint density at radius 2 is 2.00 bits per heavy atom. The van der Waals surface area contributed by atoms with Crippen LogP contribution in [0.4, 0.5) is 0 Å². The molecule has 0 heterocycles. The molecule has 2 rings (SSSR count). The normalized spacial score (nSPS) is 17.3. The third-order valence-electron chi connectivity index (χ3n) is 3.35. The minimum absolute atomic E-state index is 0.245. The lowest BCUT2D eigenvalue weighted by Gasteiger charge is -2.20. The molecule has 0 unspecified atom stereocenters. The Kier molecular flexibility index (Phi) is 4.00. The van der Waals surface area contributed by atoms with Crippen molar-refractivity contribution in [3.63, 3.8) is 0 Å². The first-order chi connectivity index (χ1) is 7.75. The summed E-state index contributed by atoms with van der Waals surface area (Å²) in [5.41, 5.74) is 0.762. The molecular formula is C14H17ClO. The van der Waals surface area contributed by atoms with Gasteiger partial charge < -0.3 is 0 Å². The number of carbonyl (C=O) groups excluding carboxylic acids is 1. The number of hydrogen-bond donors (Lipinski definition) is 0. The molecule has 1 saturated carbocycles. The Bertz CT molecular complexity index is 367. The molecule has 0 aromatic heterocycles. The maximum atomic E-state index is 12.0. The van der Waals surface area contributed by atoms with Gasteiger partial charge >= 0.3 is 0 Å². The van der Waals surface area contributed by atoms with Gasteiger partial charge in [-0.1, -0.05) is 55.8 Å². The van der Waals surface area contributed by atoms with Crippen LogP contribution in [0.5, 0.6) is 0 Å². The predicted octanol–water partition coefficient (Wildman–Crippen LogP) is 4.49. The van der Waals surface area contributed by atoms with Gasteiger partial charge in [0.05, 0.1) is 0 Å². The van der Waals surface area contributed by atoms with E-state index in [2.05, 4.69) is 0 Å². The highest BCUT2D eigenvalue weighted by Crippen LogP contribution is 2.27. The molecule has 0 bridgehead atoms. The van der Waals surface area contributed by atoms with Crippen molar-refractivity contribution in [2.45, 2.75) is 38.5 Å². The van der Waals surface area contributed by atoms with Crippen LogP contribution in [0.25, 0.3) is 0 Å². The van der Waals surface area contributed by atoms with Crippen LogP contribution in [-0.4, -0.2) is 5.78 Å². The number of rotatable bonds is 3. The highest BCUT2D eigenvalue weighted by atomic mass is 35.5. The minimum Gasteiger partial charge on any atom is -0.294 e. The number of hydrogen-bond acceptors (Lipinski definition) is 1. The first kappa shape index (κ1) is 11.7. The molecule has 0 radical (unpaired) electrons. The van der Waals surface area contributed by atoms with Gasteiger partial charge in [-0.15, -0.1) is 0 Å². The molecule has 86 valence electrons. The van der Waals surface area contributed by atoms with Crippen LogP contribution < -0.4 is 0 Å². The van der Waals surface area contributed by atoms with Gasteiger partial charge in [-0.3, -0.25) is 4.79 Å². The average Bonchev–Trinajstić information content (AvgIpc) is 2.30. The molecule has 1 aromatic carbocycles. The van der Waals surface area contributed by atoms with E-state index >= 15 is 0 Å². The van der Waals surface area contributed by atoms with Crippen molar-refractivity contribution in [1.82, 2.24) is 0 Å². The van der Waals surface area contributed by atoms with E-state index in [1.54, 1.807) is 12.1 Å². The predicted molar refractivity (Wildman–Crippen MR) is 67.0 cm³/mol. The van der Waals surface area contributed by atoms with Gasteiger partial charge in [0.1, 0.15) is 0 Å². The lowest BCUT2D eigenvalue weighted by molar-refractivity contribution is 0.0950. The third kappa shape index (κ3) is 3.08. The van der Waals surface area contributed by atoms with E-state index in [4.69, 9.17) is 11.6 Å². The monoisotopic (exact) mass is 236 g/mol. The maximum Gasteiger partial charge on any atom is 0.163 e. The molecule has 0 atom stereocenters. The zero-order chi connectivity index (χ0) is 11.4. The number of benzene rings is 1. The smallest absolute Gasteiger partial charge is 0.163 e. The van der Waals surface area contributed by atoms with Crippen LogP contribution in [0.3, 0.4) is 0 Å². The minimum atomic E-state index is 0.245. The molecule has 0 N–H and O–H groups in total. The number of halogens is 1. The van der Waals surface area contributed by atoms with E-state index in [0.717, 1.165) is 5.56 Å². The topological polar surface area (TPSA) is 17.1 Å². The lowest BCUT2D eigenvalue weighted by atomic mass is 9.85. The Morgan fingerprint density at radius 1 is 1.25 bits per heavy atom. The molecule has 1 aromatic rings. The summed E-state index contributed by atoms with van der Waals surface area (Å²) in [4.78, 5) is 12.0. The second-order valence-electron chi connectivity index (χ2n) is 4.64. The summed E-state index contributed by atoms with van der Waals surface area (Å²) in [5, 5.41) is 0.648. The molecule has 2 heteroatoms. The van der Waals surface area contributed by atoms with Crippen molar-refractivity contribution in [2.75, 3.05) is 0 Å². The van der Waals surface area contributed by atoms with Gasteiger partial charge in [0.2, 0.25) is 0 Å². The number of Topliss-reactive ketones (excluding diaryl/α,β-unsaturated/α-hetero) is 1. The van der Waals surface area contributed by atoms with E-state index in [1.807, 2.05) is 12.1 Å². The van der Waals surface area contributed by atoms with Crippen LogP contribution in [0.1, 0.15) is 48.9 Å².